The molecule has 0 aromatic heterocycles. The fraction of sp³-hybridized carbons (Fsp3) is 0.364. The Morgan fingerprint density at radius 1 is 1.53 bits per heavy atom. The Hall–Kier alpha value is -1.05. The van der Waals surface area contributed by atoms with Gasteiger partial charge in [0, 0.05) is 18.9 Å². The Bertz CT molecular complexity index is 362. The van der Waals surface area contributed by atoms with E-state index < -0.39 is 6.10 Å². The maximum absolute atomic E-state index is 9.48. The van der Waals surface area contributed by atoms with Crippen LogP contribution in [0.3, 0.4) is 0 Å². The highest BCUT2D eigenvalue weighted by atomic mass is 79.9. The van der Waals surface area contributed by atoms with Crippen molar-refractivity contribution in [2.75, 3.05) is 23.8 Å². The minimum atomic E-state index is -0.429. The number of hydrogen-bond acceptors (Lipinski definition) is 3. The maximum Gasteiger partial charge on any atom is 0.101 e. The molecule has 80 valence electrons. The van der Waals surface area contributed by atoms with Crippen LogP contribution >= 0.6 is 15.9 Å². The third-order valence-corrected chi connectivity index (χ3v) is 2.85. The van der Waals surface area contributed by atoms with E-state index >= 15 is 0 Å². The van der Waals surface area contributed by atoms with Crippen molar-refractivity contribution in [2.24, 2.45) is 0 Å². The molecule has 0 aliphatic heterocycles. The second-order valence-corrected chi connectivity index (χ2v) is 3.97. The molecule has 1 N–H and O–H groups in total. The van der Waals surface area contributed by atoms with Crippen molar-refractivity contribution in [3.63, 3.8) is 0 Å². The number of alkyl halides is 1. The number of nitriles is 1. The van der Waals surface area contributed by atoms with Crippen LogP contribution in [-0.2, 0) is 0 Å². The lowest BCUT2D eigenvalue weighted by Gasteiger charge is -2.22. The van der Waals surface area contributed by atoms with Gasteiger partial charge < -0.3 is 10.0 Å². The van der Waals surface area contributed by atoms with Crippen LogP contribution < -0.4 is 4.90 Å². The standard InChI is InChI=1S/C11H13BrN2O/c1-14(8-10(15)6-12)11-5-3-2-4-9(11)7-13/h2-5,10,15H,6,8H2,1H3. The number of aliphatic hydroxyl groups is 1. The molecule has 1 rings (SSSR count). The third-order valence-electron chi connectivity index (χ3n) is 2.10. The predicted molar refractivity (Wildman–Crippen MR) is 64.2 cm³/mol. The fourth-order valence-corrected chi connectivity index (χ4v) is 1.57. The lowest BCUT2D eigenvalue weighted by Crippen LogP contribution is -2.30. The number of para-hydroxylation sites is 1. The smallest absolute Gasteiger partial charge is 0.101 e. The first kappa shape index (κ1) is 12.0. The molecular formula is C11H13BrN2O. The molecule has 0 heterocycles. The van der Waals surface area contributed by atoms with Crippen LogP contribution in [0.25, 0.3) is 0 Å². The molecule has 0 aliphatic carbocycles. The van der Waals surface area contributed by atoms with Gasteiger partial charge in [0.1, 0.15) is 6.07 Å². The molecule has 0 saturated heterocycles. The number of likely N-dealkylation sites (N-methyl/N-ethyl adjacent to an activating group) is 1. The van der Waals surface area contributed by atoms with E-state index in [1.165, 1.54) is 0 Å². The average molecular weight is 269 g/mol. The summed E-state index contributed by atoms with van der Waals surface area (Å²) in [5.41, 5.74) is 1.47. The Balaban J connectivity index is 2.82. The number of aliphatic hydroxyl groups excluding tert-OH is 1. The normalized spacial score (nSPS) is 11.9. The van der Waals surface area contributed by atoms with E-state index in [9.17, 15) is 5.11 Å². The molecular weight excluding hydrogens is 256 g/mol. The summed E-state index contributed by atoms with van der Waals surface area (Å²) in [6.07, 6.45) is -0.429. The Morgan fingerprint density at radius 3 is 2.80 bits per heavy atom. The molecule has 0 amide bonds. The van der Waals surface area contributed by atoms with Gasteiger partial charge in [-0.3, -0.25) is 0 Å². The van der Waals surface area contributed by atoms with Crippen molar-refractivity contribution in [1.82, 2.24) is 0 Å². The number of anilines is 1. The van der Waals surface area contributed by atoms with E-state index in [1.807, 2.05) is 30.1 Å². The summed E-state index contributed by atoms with van der Waals surface area (Å²) in [7, 11) is 1.86. The zero-order chi connectivity index (χ0) is 11.3. The highest BCUT2D eigenvalue weighted by Gasteiger charge is 2.10. The van der Waals surface area contributed by atoms with E-state index in [-0.39, 0.29) is 0 Å². The molecule has 4 heteroatoms. The number of hydrogen-bond donors (Lipinski definition) is 1. The first-order chi connectivity index (χ1) is 7.19. The molecule has 3 nitrogen and oxygen atoms in total. The summed E-state index contributed by atoms with van der Waals surface area (Å²) in [4.78, 5) is 1.88. The third kappa shape index (κ3) is 3.22. The van der Waals surface area contributed by atoms with Gasteiger partial charge in [-0.1, -0.05) is 28.1 Å². The van der Waals surface area contributed by atoms with Crippen molar-refractivity contribution < 1.29 is 5.11 Å². The van der Waals surface area contributed by atoms with Crippen molar-refractivity contribution >= 4 is 21.6 Å². The van der Waals surface area contributed by atoms with Gasteiger partial charge >= 0.3 is 0 Å². The van der Waals surface area contributed by atoms with Crippen LogP contribution in [-0.4, -0.2) is 30.1 Å². The summed E-state index contributed by atoms with van der Waals surface area (Å²) >= 11 is 3.21. The molecule has 0 fully saturated rings. The molecule has 1 unspecified atom stereocenters. The van der Waals surface area contributed by atoms with Crippen molar-refractivity contribution in [3.05, 3.63) is 29.8 Å². The largest absolute Gasteiger partial charge is 0.390 e. The van der Waals surface area contributed by atoms with E-state index in [1.54, 1.807) is 6.07 Å². The highest BCUT2D eigenvalue weighted by molar-refractivity contribution is 9.09. The summed E-state index contributed by atoms with van der Waals surface area (Å²) in [6.45, 7) is 0.504. The van der Waals surface area contributed by atoms with E-state index in [2.05, 4.69) is 22.0 Å². The van der Waals surface area contributed by atoms with E-state index in [4.69, 9.17) is 5.26 Å². The van der Waals surface area contributed by atoms with Crippen LogP contribution in [0, 0.1) is 11.3 Å². The molecule has 0 bridgehead atoms. The van der Waals surface area contributed by atoms with Crippen LogP contribution in [0.2, 0.25) is 0 Å². The number of rotatable bonds is 4. The number of benzene rings is 1. The molecule has 1 atom stereocenters. The Labute approximate surface area is 98.1 Å². The number of halogens is 1. The van der Waals surface area contributed by atoms with Gasteiger partial charge in [-0.25, -0.2) is 0 Å². The van der Waals surface area contributed by atoms with Gasteiger partial charge in [0.2, 0.25) is 0 Å². The van der Waals surface area contributed by atoms with Crippen LogP contribution in [0.15, 0.2) is 24.3 Å². The topological polar surface area (TPSA) is 47.3 Å². The molecule has 1 aromatic rings. The maximum atomic E-state index is 9.48. The quantitative estimate of drug-likeness (QED) is 0.847. The Kier molecular flexibility index (Phi) is 4.60. The summed E-state index contributed by atoms with van der Waals surface area (Å²) in [5.74, 6) is 0. The van der Waals surface area contributed by atoms with Gasteiger partial charge in [0.25, 0.3) is 0 Å². The monoisotopic (exact) mass is 268 g/mol. The summed E-state index contributed by atoms with van der Waals surface area (Å²) in [6, 6.07) is 9.49. The van der Waals surface area contributed by atoms with Crippen LogP contribution in [0.5, 0.6) is 0 Å². The second kappa shape index (κ2) is 5.74. The van der Waals surface area contributed by atoms with E-state index in [0.29, 0.717) is 17.4 Å². The van der Waals surface area contributed by atoms with Crippen molar-refractivity contribution in [1.29, 1.82) is 5.26 Å². The zero-order valence-electron chi connectivity index (χ0n) is 8.52. The zero-order valence-corrected chi connectivity index (χ0v) is 10.1. The molecule has 0 spiro atoms. The average Bonchev–Trinajstić information content (AvgIpc) is 2.28. The number of nitrogens with zero attached hydrogens (tertiary/aromatic N) is 2. The first-order valence-electron chi connectivity index (χ1n) is 4.63. The SMILES string of the molecule is CN(CC(O)CBr)c1ccccc1C#N. The van der Waals surface area contributed by atoms with Gasteiger partial charge in [0.05, 0.1) is 17.4 Å². The van der Waals surface area contributed by atoms with Gasteiger partial charge in [-0.2, -0.15) is 5.26 Å². The molecule has 15 heavy (non-hydrogen) atoms. The lowest BCUT2D eigenvalue weighted by atomic mass is 10.2. The summed E-state index contributed by atoms with van der Waals surface area (Å²) < 4.78 is 0. The van der Waals surface area contributed by atoms with Gasteiger partial charge in [0.15, 0.2) is 0 Å². The fourth-order valence-electron chi connectivity index (χ4n) is 1.36. The lowest BCUT2D eigenvalue weighted by molar-refractivity contribution is 0.207. The van der Waals surface area contributed by atoms with Crippen molar-refractivity contribution in [3.8, 4) is 6.07 Å². The minimum Gasteiger partial charge on any atom is -0.390 e. The molecule has 0 saturated carbocycles. The van der Waals surface area contributed by atoms with Crippen molar-refractivity contribution in [2.45, 2.75) is 6.10 Å². The van der Waals surface area contributed by atoms with Gasteiger partial charge in [-0.15, -0.1) is 0 Å². The minimum absolute atomic E-state index is 0.429. The van der Waals surface area contributed by atoms with Crippen LogP contribution in [0.1, 0.15) is 5.56 Å². The highest BCUT2D eigenvalue weighted by Crippen LogP contribution is 2.18. The Morgan fingerprint density at radius 2 is 2.20 bits per heavy atom. The predicted octanol–water partition coefficient (Wildman–Crippen LogP) is 1.75. The van der Waals surface area contributed by atoms with Crippen LogP contribution in [0.4, 0.5) is 5.69 Å². The first-order valence-corrected chi connectivity index (χ1v) is 5.75. The molecule has 1 aromatic carbocycles. The van der Waals surface area contributed by atoms with E-state index in [0.717, 1.165) is 5.69 Å². The molecule has 0 aliphatic rings. The van der Waals surface area contributed by atoms with Gasteiger partial charge in [-0.05, 0) is 12.1 Å². The summed E-state index contributed by atoms with van der Waals surface area (Å²) in [5, 5.41) is 18.9. The molecule has 0 radical (unpaired) electrons. The second-order valence-electron chi connectivity index (χ2n) is 3.32.